The Morgan fingerprint density at radius 3 is 2.65 bits per heavy atom. The maximum atomic E-state index is 15.7. The minimum Gasteiger partial charge on any atom is -0.384 e. The summed E-state index contributed by atoms with van der Waals surface area (Å²) in [5.74, 6) is 1.06. The molecule has 31 heavy (non-hydrogen) atoms. The number of nitrogens with one attached hydrogen (secondary N) is 1. The summed E-state index contributed by atoms with van der Waals surface area (Å²) in [5, 5.41) is 6.03. The molecule has 0 aliphatic heterocycles. The first-order valence-electron chi connectivity index (χ1n) is 11.5. The zero-order valence-corrected chi connectivity index (χ0v) is 17.9. The lowest BCUT2D eigenvalue weighted by molar-refractivity contribution is 0.262. The van der Waals surface area contributed by atoms with Crippen LogP contribution in [0.15, 0.2) is 15.5 Å². The summed E-state index contributed by atoms with van der Waals surface area (Å²) in [4.78, 5) is 24.8. The van der Waals surface area contributed by atoms with Gasteiger partial charge in [-0.15, -0.1) is 5.10 Å². The van der Waals surface area contributed by atoms with E-state index >= 15 is 4.39 Å². The molecule has 0 spiro atoms. The van der Waals surface area contributed by atoms with E-state index < -0.39 is 11.9 Å². The van der Waals surface area contributed by atoms with Gasteiger partial charge in [-0.2, -0.15) is 0 Å². The molecule has 2 aliphatic rings. The molecule has 9 heteroatoms. The number of nitrogens with zero attached hydrogens (tertiary/aromatic N) is 5. The van der Waals surface area contributed by atoms with E-state index in [0.29, 0.717) is 35.1 Å². The van der Waals surface area contributed by atoms with Crippen molar-refractivity contribution in [3.8, 4) is 11.7 Å². The third-order valence-corrected chi connectivity index (χ3v) is 7.03. The number of hydrogen-bond donors (Lipinski definition) is 1. The van der Waals surface area contributed by atoms with E-state index in [1.54, 1.807) is 6.33 Å². The van der Waals surface area contributed by atoms with Crippen LogP contribution in [0.1, 0.15) is 76.6 Å². The van der Waals surface area contributed by atoms with Crippen LogP contribution in [0.5, 0.6) is 0 Å². The second-order valence-corrected chi connectivity index (χ2v) is 9.40. The Morgan fingerprint density at radius 2 is 1.94 bits per heavy atom. The molecule has 0 saturated heterocycles. The van der Waals surface area contributed by atoms with Crippen molar-refractivity contribution < 1.29 is 8.81 Å². The number of aromatic nitrogens is 6. The highest BCUT2D eigenvalue weighted by molar-refractivity contribution is 5.76. The molecule has 3 heterocycles. The van der Waals surface area contributed by atoms with Crippen LogP contribution in [0, 0.1) is 17.8 Å². The molecule has 2 saturated carbocycles. The summed E-state index contributed by atoms with van der Waals surface area (Å²) in [7, 11) is 0. The Hall–Kier alpha value is -2.58. The monoisotopic (exact) mass is 428 g/mol. The van der Waals surface area contributed by atoms with E-state index in [4.69, 9.17) is 4.42 Å². The molecular weight excluding hydrogens is 399 g/mol. The van der Waals surface area contributed by atoms with E-state index in [2.05, 4.69) is 32.1 Å². The van der Waals surface area contributed by atoms with Crippen LogP contribution < -0.4 is 5.76 Å². The fourth-order valence-electron chi connectivity index (χ4n) is 5.23. The normalized spacial score (nSPS) is 23.5. The molecule has 0 bridgehead atoms. The van der Waals surface area contributed by atoms with Crippen LogP contribution >= 0.6 is 0 Å². The van der Waals surface area contributed by atoms with Crippen LogP contribution in [0.4, 0.5) is 4.39 Å². The van der Waals surface area contributed by atoms with Gasteiger partial charge in [0.05, 0.1) is 6.33 Å². The summed E-state index contributed by atoms with van der Waals surface area (Å²) in [6.45, 7) is 3.10. The first-order valence-corrected chi connectivity index (χ1v) is 11.5. The molecule has 2 aliphatic carbocycles. The molecular formula is C22H29FN6O2. The van der Waals surface area contributed by atoms with E-state index in [0.717, 1.165) is 38.1 Å². The summed E-state index contributed by atoms with van der Waals surface area (Å²) < 4.78 is 22.7. The van der Waals surface area contributed by atoms with Crippen LogP contribution in [-0.2, 0) is 6.54 Å². The Kier molecular flexibility index (Phi) is 5.58. The third kappa shape index (κ3) is 4.27. The van der Waals surface area contributed by atoms with Crippen molar-refractivity contribution in [2.75, 3.05) is 0 Å². The van der Waals surface area contributed by atoms with Crippen LogP contribution in [-0.4, -0.2) is 29.7 Å². The molecule has 2 fully saturated rings. The maximum absolute atomic E-state index is 15.7. The molecule has 3 aromatic heterocycles. The first-order chi connectivity index (χ1) is 15.1. The Labute approximate surface area is 179 Å². The van der Waals surface area contributed by atoms with Gasteiger partial charge in [0.15, 0.2) is 5.65 Å². The summed E-state index contributed by atoms with van der Waals surface area (Å²) >= 11 is 0. The Morgan fingerprint density at radius 1 is 1.16 bits per heavy atom. The number of aromatic amines is 1. The molecule has 1 unspecified atom stereocenters. The van der Waals surface area contributed by atoms with Gasteiger partial charge in [0.1, 0.15) is 17.4 Å². The molecule has 166 valence electrons. The minimum atomic E-state index is -1.22. The van der Waals surface area contributed by atoms with Crippen LogP contribution in [0.2, 0.25) is 0 Å². The van der Waals surface area contributed by atoms with Crippen LogP contribution in [0.25, 0.3) is 22.9 Å². The SMILES string of the molecule is CC1CCC(Cn2cnc3nc(-c4n[nH]c(=O)o4)nc(C(F)CC4CCCC4)c32)CC1. The smallest absolute Gasteiger partial charge is 0.384 e. The Bertz CT molecular complexity index is 1090. The predicted octanol–water partition coefficient (Wildman–Crippen LogP) is 4.59. The number of alkyl halides is 1. The number of halogens is 1. The molecule has 1 atom stereocenters. The number of hydrogen-bond acceptors (Lipinski definition) is 6. The van der Waals surface area contributed by atoms with Gasteiger partial charge in [0.2, 0.25) is 5.82 Å². The van der Waals surface area contributed by atoms with Crippen molar-refractivity contribution in [1.29, 1.82) is 0 Å². The van der Waals surface area contributed by atoms with Crippen molar-refractivity contribution in [2.24, 2.45) is 17.8 Å². The summed E-state index contributed by atoms with van der Waals surface area (Å²) in [6.07, 6.45) is 10.2. The number of fused-ring (bicyclic) bond motifs is 1. The second kappa shape index (κ2) is 8.51. The van der Waals surface area contributed by atoms with Gasteiger partial charge in [0, 0.05) is 6.54 Å². The fourth-order valence-corrected chi connectivity index (χ4v) is 5.23. The zero-order chi connectivity index (χ0) is 21.4. The topological polar surface area (TPSA) is 102 Å². The van der Waals surface area contributed by atoms with Gasteiger partial charge >= 0.3 is 5.76 Å². The largest absolute Gasteiger partial charge is 0.434 e. The highest BCUT2D eigenvalue weighted by Gasteiger charge is 2.28. The van der Waals surface area contributed by atoms with Crippen molar-refractivity contribution >= 4 is 11.2 Å². The summed E-state index contributed by atoms with van der Waals surface area (Å²) in [5.41, 5.74) is 1.41. The van der Waals surface area contributed by atoms with Gasteiger partial charge in [-0.1, -0.05) is 45.4 Å². The van der Waals surface area contributed by atoms with Gasteiger partial charge in [-0.3, -0.25) is 0 Å². The molecule has 0 aromatic carbocycles. The van der Waals surface area contributed by atoms with E-state index in [1.807, 2.05) is 4.57 Å². The molecule has 1 N–H and O–H groups in total. The van der Waals surface area contributed by atoms with E-state index in [9.17, 15) is 4.79 Å². The lowest BCUT2D eigenvalue weighted by atomic mass is 9.83. The number of imidazole rings is 1. The van der Waals surface area contributed by atoms with Crippen molar-refractivity contribution in [3.05, 3.63) is 22.6 Å². The molecule has 8 nitrogen and oxygen atoms in total. The summed E-state index contributed by atoms with van der Waals surface area (Å²) in [6, 6.07) is 0. The number of rotatable bonds is 6. The van der Waals surface area contributed by atoms with Crippen molar-refractivity contribution in [3.63, 3.8) is 0 Å². The molecule has 0 radical (unpaired) electrons. The van der Waals surface area contributed by atoms with Gasteiger partial charge < -0.3 is 8.98 Å². The average molecular weight is 429 g/mol. The second-order valence-electron chi connectivity index (χ2n) is 9.40. The Balaban J connectivity index is 1.52. The minimum absolute atomic E-state index is 0.0444. The van der Waals surface area contributed by atoms with E-state index in [1.165, 1.54) is 25.7 Å². The molecule has 5 rings (SSSR count). The molecule has 3 aromatic rings. The third-order valence-electron chi connectivity index (χ3n) is 7.03. The lowest BCUT2D eigenvalue weighted by Crippen LogP contribution is -2.18. The number of H-pyrrole nitrogens is 1. The molecule has 0 amide bonds. The van der Waals surface area contributed by atoms with Gasteiger partial charge in [-0.25, -0.2) is 29.2 Å². The van der Waals surface area contributed by atoms with Crippen molar-refractivity contribution in [1.82, 2.24) is 29.7 Å². The highest BCUT2D eigenvalue weighted by Crippen LogP contribution is 2.37. The van der Waals surface area contributed by atoms with Gasteiger partial charge in [-0.05, 0) is 37.0 Å². The first kappa shape index (κ1) is 20.3. The van der Waals surface area contributed by atoms with Crippen molar-refractivity contribution in [2.45, 2.75) is 77.4 Å². The van der Waals surface area contributed by atoms with E-state index in [-0.39, 0.29) is 11.7 Å². The lowest BCUT2D eigenvalue weighted by Gasteiger charge is -2.26. The fraction of sp³-hybridized carbons (Fsp3) is 0.682. The predicted molar refractivity (Wildman–Crippen MR) is 113 cm³/mol. The maximum Gasteiger partial charge on any atom is 0.434 e. The zero-order valence-electron chi connectivity index (χ0n) is 17.9. The van der Waals surface area contributed by atoms with Crippen LogP contribution in [0.3, 0.4) is 0 Å². The van der Waals surface area contributed by atoms with Gasteiger partial charge in [0.25, 0.3) is 5.89 Å². The average Bonchev–Trinajstić information content (AvgIpc) is 3.51. The highest BCUT2D eigenvalue weighted by atomic mass is 19.1. The quantitative estimate of drug-likeness (QED) is 0.616. The standard InChI is InChI=1S/C22H29FN6O2/c1-13-6-8-15(9-7-13)11-29-12-24-19-18(29)17(16(23)10-14-4-2-3-5-14)25-20(26-19)21-27-28-22(30)31-21/h12-16H,2-11H2,1H3,(H,28,30).